The third kappa shape index (κ3) is 1.30. The summed E-state index contributed by atoms with van der Waals surface area (Å²) in [6.07, 6.45) is 0. The van der Waals surface area contributed by atoms with Gasteiger partial charge in [0.2, 0.25) is 0 Å². The first kappa shape index (κ1) is 19.3. The van der Waals surface area contributed by atoms with Crippen LogP contribution < -0.4 is 0 Å². The van der Waals surface area contributed by atoms with Crippen molar-refractivity contribution >= 4 is 0 Å². The summed E-state index contributed by atoms with van der Waals surface area (Å²) in [6.45, 7) is 0. The maximum Gasteiger partial charge on any atom is 0.381 e. The number of hydrogen-bond donors (Lipinski definition) is 0. The molecule has 0 radical (unpaired) electrons. The molecule has 24 heavy (non-hydrogen) atoms. The Morgan fingerprint density at radius 1 is 0.333 bits per heavy atom. The SMILES string of the molecule is FC1(F)C(C2(F)C(F)(F)C(F)(F)C(F)(F)C2(F)F)C(F)(F)C1(F)F. The highest BCUT2D eigenvalue weighted by atomic mass is 19.4. The van der Waals surface area contributed by atoms with E-state index in [-0.39, 0.29) is 0 Å². The lowest BCUT2D eigenvalue weighted by molar-refractivity contribution is -0.477. The van der Waals surface area contributed by atoms with Gasteiger partial charge in [-0.1, -0.05) is 0 Å². The summed E-state index contributed by atoms with van der Waals surface area (Å²) < 4.78 is 195. The first-order valence-corrected chi connectivity index (χ1v) is 5.45. The summed E-state index contributed by atoms with van der Waals surface area (Å²) in [5, 5.41) is 0. The molecule has 0 aromatic heterocycles. The van der Waals surface area contributed by atoms with Gasteiger partial charge in [-0.05, 0) is 0 Å². The molecule has 2 saturated carbocycles. The average molecular weight is 394 g/mol. The van der Waals surface area contributed by atoms with E-state index >= 15 is 0 Å². The predicted octanol–water partition coefficient (Wildman–Crippen LogP) is 4.79. The smallest absolute Gasteiger partial charge is 0.229 e. The first-order valence-electron chi connectivity index (χ1n) is 5.45. The van der Waals surface area contributed by atoms with E-state index in [2.05, 4.69) is 0 Å². The summed E-state index contributed by atoms with van der Waals surface area (Å²) in [6, 6.07) is 0. The number of rotatable bonds is 1. The third-order valence-electron chi connectivity index (χ3n) is 4.06. The van der Waals surface area contributed by atoms with Gasteiger partial charge in [0.1, 0.15) is 5.92 Å². The summed E-state index contributed by atoms with van der Waals surface area (Å²) >= 11 is 0. The van der Waals surface area contributed by atoms with Crippen molar-refractivity contribution < 1.29 is 65.9 Å². The highest BCUT2D eigenvalue weighted by Gasteiger charge is 3.09. The van der Waals surface area contributed by atoms with E-state index in [0.717, 1.165) is 0 Å². The van der Waals surface area contributed by atoms with Crippen LogP contribution in [0, 0.1) is 5.92 Å². The Bertz CT molecular complexity index is 527. The highest BCUT2D eigenvalue weighted by molar-refractivity contribution is 5.36. The van der Waals surface area contributed by atoms with Gasteiger partial charge in [-0.3, -0.25) is 0 Å². The van der Waals surface area contributed by atoms with Gasteiger partial charge in [0.05, 0.1) is 0 Å². The molecule has 0 saturated heterocycles. The molecule has 2 aliphatic rings. The van der Waals surface area contributed by atoms with Gasteiger partial charge in [0.15, 0.2) is 0 Å². The average Bonchev–Trinajstić information content (AvgIpc) is 2.39. The van der Waals surface area contributed by atoms with Crippen molar-refractivity contribution in [2.24, 2.45) is 5.92 Å². The van der Waals surface area contributed by atoms with E-state index in [1.807, 2.05) is 0 Å². The lowest BCUT2D eigenvalue weighted by Gasteiger charge is -2.55. The van der Waals surface area contributed by atoms with Crippen molar-refractivity contribution in [3.8, 4) is 0 Å². The molecule has 2 fully saturated rings. The molecule has 0 bridgehead atoms. The van der Waals surface area contributed by atoms with Gasteiger partial charge in [0, 0.05) is 0 Å². The summed E-state index contributed by atoms with van der Waals surface area (Å²) in [5.41, 5.74) is -7.37. The summed E-state index contributed by atoms with van der Waals surface area (Å²) in [4.78, 5) is 0. The second-order valence-electron chi connectivity index (χ2n) is 5.26. The van der Waals surface area contributed by atoms with E-state index in [1.54, 1.807) is 0 Å². The Balaban J connectivity index is 2.83. The summed E-state index contributed by atoms with van der Waals surface area (Å²) in [5.74, 6) is -55.9. The zero-order valence-electron chi connectivity index (χ0n) is 10.2. The van der Waals surface area contributed by atoms with Crippen LogP contribution in [-0.2, 0) is 0 Å². The van der Waals surface area contributed by atoms with Crippen LogP contribution >= 0.6 is 0 Å². The van der Waals surface area contributed by atoms with Crippen molar-refractivity contribution in [3.63, 3.8) is 0 Å². The van der Waals surface area contributed by atoms with Gasteiger partial charge in [-0.2, -0.15) is 61.5 Å². The van der Waals surface area contributed by atoms with E-state index < -0.39 is 53.0 Å². The van der Waals surface area contributed by atoms with Crippen LogP contribution in [0.2, 0.25) is 0 Å². The fourth-order valence-corrected chi connectivity index (χ4v) is 2.65. The van der Waals surface area contributed by atoms with Crippen molar-refractivity contribution in [2.75, 3.05) is 0 Å². The van der Waals surface area contributed by atoms with Crippen LogP contribution in [0.15, 0.2) is 0 Å². The van der Waals surface area contributed by atoms with Crippen molar-refractivity contribution in [1.82, 2.24) is 0 Å². The maximum absolute atomic E-state index is 13.9. The van der Waals surface area contributed by atoms with E-state index in [0.29, 0.717) is 0 Å². The van der Waals surface area contributed by atoms with Crippen LogP contribution in [0.5, 0.6) is 0 Å². The molecule has 0 spiro atoms. The highest BCUT2D eigenvalue weighted by Crippen LogP contribution is 2.79. The van der Waals surface area contributed by atoms with Crippen LogP contribution in [0.3, 0.4) is 0 Å². The molecule has 0 aromatic carbocycles. The molecule has 2 rings (SSSR count). The quantitative estimate of drug-likeness (QED) is 0.562. The third-order valence-corrected chi connectivity index (χ3v) is 4.06. The largest absolute Gasteiger partial charge is 0.381 e. The second kappa shape index (κ2) is 3.86. The van der Waals surface area contributed by atoms with Gasteiger partial charge >= 0.3 is 41.5 Å². The van der Waals surface area contributed by atoms with E-state index in [4.69, 9.17) is 0 Å². The van der Waals surface area contributed by atoms with Gasteiger partial charge in [-0.25, -0.2) is 4.39 Å². The normalized spacial score (nSPS) is 36.1. The lowest BCUT2D eigenvalue weighted by Crippen LogP contribution is -2.83. The molecular formula is C9HF15. The molecule has 0 aromatic rings. The molecule has 2 aliphatic carbocycles. The Kier molecular flexibility index (Phi) is 3.10. The monoisotopic (exact) mass is 394 g/mol. The zero-order chi connectivity index (χ0) is 19.6. The molecule has 0 N–H and O–H groups in total. The lowest BCUT2D eigenvalue weighted by atomic mass is 9.62. The Hall–Kier alpha value is -1.05. The van der Waals surface area contributed by atoms with Crippen LogP contribution in [0.1, 0.15) is 0 Å². The van der Waals surface area contributed by atoms with Gasteiger partial charge in [0.25, 0.3) is 5.67 Å². The molecule has 0 nitrogen and oxygen atoms in total. The minimum Gasteiger partial charge on any atom is -0.229 e. The molecule has 142 valence electrons. The topological polar surface area (TPSA) is 0 Å². The fourth-order valence-electron chi connectivity index (χ4n) is 2.65. The molecular weight excluding hydrogens is 393 g/mol. The Labute approximate surface area is 120 Å². The summed E-state index contributed by atoms with van der Waals surface area (Å²) in [7, 11) is 0. The van der Waals surface area contributed by atoms with Gasteiger partial charge < -0.3 is 0 Å². The number of hydrogen-bond acceptors (Lipinski definition) is 0. The zero-order valence-corrected chi connectivity index (χ0v) is 10.2. The fraction of sp³-hybridized carbons (Fsp3) is 1.00. The first-order chi connectivity index (χ1) is 10.1. The minimum atomic E-state index is -7.53. The van der Waals surface area contributed by atoms with Gasteiger partial charge in [-0.15, -0.1) is 0 Å². The molecule has 0 aliphatic heterocycles. The van der Waals surface area contributed by atoms with Crippen molar-refractivity contribution in [3.05, 3.63) is 0 Å². The maximum atomic E-state index is 13.9. The second-order valence-corrected chi connectivity index (χ2v) is 5.26. The number of halogens is 15. The van der Waals surface area contributed by atoms with E-state index in [1.165, 1.54) is 0 Å². The number of alkyl halides is 15. The van der Waals surface area contributed by atoms with E-state index in [9.17, 15) is 65.9 Å². The van der Waals surface area contributed by atoms with Crippen LogP contribution in [0.4, 0.5) is 65.9 Å². The minimum absolute atomic E-state index is 5.84. The van der Waals surface area contributed by atoms with Crippen LogP contribution in [-0.4, -0.2) is 47.1 Å². The Morgan fingerprint density at radius 2 is 0.583 bits per heavy atom. The molecule has 0 amide bonds. The molecule has 0 atom stereocenters. The molecule has 0 heterocycles. The Morgan fingerprint density at radius 3 is 0.833 bits per heavy atom. The standard InChI is InChI=1S/C9HF15/c10-2(1-3(11,12)7(19,20)4(1,13)14)5(15,16)8(21,22)9(23,24)6(2,17)18/h1H. The van der Waals surface area contributed by atoms with Crippen LogP contribution in [0.25, 0.3) is 0 Å². The molecule has 0 unspecified atom stereocenters. The van der Waals surface area contributed by atoms with Crippen molar-refractivity contribution in [1.29, 1.82) is 0 Å². The predicted molar refractivity (Wildman–Crippen MR) is 42.0 cm³/mol. The molecule has 15 heteroatoms. The van der Waals surface area contributed by atoms with Crippen molar-refractivity contribution in [2.45, 2.75) is 47.1 Å².